The zero-order valence-corrected chi connectivity index (χ0v) is 10.2. The number of rotatable bonds is 6. The van der Waals surface area contributed by atoms with Gasteiger partial charge in [-0.15, -0.1) is 5.10 Å². The van der Waals surface area contributed by atoms with Gasteiger partial charge in [-0.05, 0) is 19.4 Å². The molecule has 0 aliphatic rings. The third-order valence-electron chi connectivity index (χ3n) is 2.46. The molecule has 0 atom stereocenters. The summed E-state index contributed by atoms with van der Waals surface area (Å²) in [6.45, 7) is 8.38. The van der Waals surface area contributed by atoms with Gasteiger partial charge < -0.3 is 5.32 Å². The highest BCUT2D eigenvalue weighted by Gasteiger charge is 2.14. The second-order valence-corrected chi connectivity index (χ2v) is 4.18. The molecule has 0 amide bonds. The summed E-state index contributed by atoms with van der Waals surface area (Å²) in [7, 11) is 1.94. The van der Waals surface area contributed by atoms with Crippen LogP contribution < -0.4 is 5.32 Å². The molecular weight excluding hydrogens is 188 g/mol. The smallest absolute Gasteiger partial charge is 0.0999 e. The molecule has 86 valence electrons. The zero-order chi connectivity index (χ0) is 11.3. The molecule has 0 unspecified atom stereocenters. The third kappa shape index (κ3) is 3.02. The van der Waals surface area contributed by atoms with Crippen molar-refractivity contribution < 1.29 is 0 Å². The van der Waals surface area contributed by atoms with Gasteiger partial charge in [-0.2, -0.15) is 0 Å². The Hall–Kier alpha value is -0.900. The number of aromatic nitrogens is 3. The van der Waals surface area contributed by atoms with E-state index in [4.69, 9.17) is 0 Å². The van der Waals surface area contributed by atoms with Gasteiger partial charge in [-0.3, -0.25) is 0 Å². The fraction of sp³-hybridized carbons (Fsp3) is 0.818. The van der Waals surface area contributed by atoms with E-state index in [1.807, 2.05) is 7.05 Å². The van der Waals surface area contributed by atoms with Crippen molar-refractivity contribution in [2.45, 2.75) is 52.6 Å². The van der Waals surface area contributed by atoms with Gasteiger partial charge in [0.2, 0.25) is 0 Å². The van der Waals surface area contributed by atoms with Crippen molar-refractivity contribution >= 4 is 0 Å². The number of unbranched alkanes of at least 4 members (excludes halogenated alkanes) is 1. The Kier molecular flexibility index (Phi) is 4.75. The molecule has 1 aromatic heterocycles. The lowest BCUT2D eigenvalue weighted by Gasteiger charge is -2.10. The zero-order valence-electron chi connectivity index (χ0n) is 10.2. The Morgan fingerprint density at radius 3 is 2.67 bits per heavy atom. The fourth-order valence-electron chi connectivity index (χ4n) is 1.75. The Morgan fingerprint density at radius 2 is 2.13 bits per heavy atom. The topological polar surface area (TPSA) is 42.7 Å². The molecule has 0 saturated carbocycles. The monoisotopic (exact) mass is 210 g/mol. The van der Waals surface area contributed by atoms with Crippen LogP contribution in [0.5, 0.6) is 0 Å². The van der Waals surface area contributed by atoms with Gasteiger partial charge in [0.15, 0.2) is 0 Å². The number of hydrogen-bond acceptors (Lipinski definition) is 3. The average Bonchev–Trinajstić information content (AvgIpc) is 2.58. The molecule has 1 rings (SSSR count). The van der Waals surface area contributed by atoms with Crippen molar-refractivity contribution in [2.75, 3.05) is 7.05 Å². The molecule has 4 heteroatoms. The lowest BCUT2D eigenvalue weighted by molar-refractivity contribution is 0.521. The lowest BCUT2D eigenvalue weighted by Crippen LogP contribution is -2.11. The molecule has 0 spiro atoms. The second kappa shape index (κ2) is 5.85. The van der Waals surface area contributed by atoms with E-state index in [-0.39, 0.29) is 0 Å². The maximum Gasteiger partial charge on any atom is 0.0999 e. The molecule has 1 N–H and O–H groups in total. The van der Waals surface area contributed by atoms with Gasteiger partial charge in [0, 0.05) is 13.1 Å². The van der Waals surface area contributed by atoms with E-state index in [0.717, 1.165) is 18.8 Å². The summed E-state index contributed by atoms with van der Waals surface area (Å²) in [5.74, 6) is 0.486. The van der Waals surface area contributed by atoms with E-state index in [2.05, 4.69) is 41.1 Å². The van der Waals surface area contributed by atoms with Crippen molar-refractivity contribution in [1.82, 2.24) is 20.3 Å². The van der Waals surface area contributed by atoms with Gasteiger partial charge in [-0.1, -0.05) is 32.4 Å². The Morgan fingerprint density at radius 1 is 1.40 bits per heavy atom. The lowest BCUT2D eigenvalue weighted by atomic mass is 10.1. The summed E-state index contributed by atoms with van der Waals surface area (Å²) in [5, 5.41) is 11.6. The molecule has 1 aromatic rings. The van der Waals surface area contributed by atoms with Crippen molar-refractivity contribution in [3.05, 3.63) is 11.4 Å². The Labute approximate surface area is 92.1 Å². The first-order chi connectivity index (χ1) is 7.20. The molecular formula is C11H22N4. The SMILES string of the molecule is CCCCn1nnc(CNC)c1C(C)C. The quantitative estimate of drug-likeness (QED) is 0.780. The number of nitrogens with zero attached hydrogens (tertiary/aromatic N) is 3. The average molecular weight is 210 g/mol. The molecule has 0 radical (unpaired) electrons. The van der Waals surface area contributed by atoms with E-state index < -0.39 is 0 Å². The summed E-state index contributed by atoms with van der Waals surface area (Å²) >= 11 is 0. The van der Waals surface area contributed by atoms with Crippen LogP contribution in [0.15, 0.2) is 0 Å². The van der Waals surface area contributed by atoms with E-state index in [9.17, 15) is 0 Å². The van der Waals surface area contributed by atoms with Crippen molar-refractivity contribution in [3.63, 3.8) is 0 Å². The minimum Gasteiger partial charge on any atom is -0.314 e. The highest BCUT2D eigenvalue weighted by atomic mass is 15.4. The first kappa shape index (κ1) is 12.2. The Balaban J connectivity index is 2.85. The van der Waals surface area contributed by atoms with Gasteiger partial charge in [0.25, 0.3) is 0 Å². The largest absolute Gasteiger partial charge is 0.314 e. The first-order valence-corrected chi connectivity index (χ1v) is 5.77. The van der Waals surface area contributed by atoms with Crippen LogP contribution in [0.4, 0.5) is 0 Å². The van der Waals surface area contributed by atoms with Crippen LogP contribution in [0.2, 0.25) is 0 Å². The molecule has 0 aliphatic heterocycles. The van der Waals surface area contributed by atoms with Crippen molar-refractivity contribution in [2.24, 2.45) is 0 Å². The fourth-order valence-corrected chi connectivity index (χ4v) is 1.75. The maximum atomic E-state index is 4.23. The van der Waals surface area contributed by atoms with Crippen LogP contribution in [-0.4, -0.2) is 22.0 Å². The van der Waals surface area contributed by atoms with Crippen molar-refractivity contribution in [3.8, 4) is 0 Å². The standard InChI is InChI=1S/C11H22N4/c1-5-6-7-15-11(9(2)3)10(8-12-4)13-14-15/h9,12H,5-8H2,1-4H3. The van der Waals surface area contributed by atoms with Crippen LogP contribution in [0.1, 0.15) is 50.9 Å². The molecule has 0 aromatic carbocycles. The minimum absolute atomic E-state index is 0.486. The maximum absolute atomic E-state index is 4.23. The van der Waals surface area contributed by atoms with Gasteiger partial charge in [0.05, 0.1) is 11.4 Å². The van der Waals surface area contributed by atoms with Gasteiger partial charge in [0.1, 0.15) is 0 Å². The summed E-state index contributed by atoms with van der Waals surface area (Å²) in [6.07, 6.45) is 2.36. The number of hydrogen-bond donors (Lipinski definition) is 1. The van der Waals surface area contributed by atoms with Gasteiger partial charge >= 0.3 is 0 Å². The highest BCUT2D eigenvalue weighted by Crippen LogP contribution is 2.17. The third-order valence-corrected chi connectivity index (χ3v) is 2.46. The van der Waals surface area contributed by atoms with Crippen LogP contribution in [0.25, 0.3) is 0 Å². The van der Waals surface area contributed by atoms with Crippen LogP contribution >= 0.6 is 0 Å². The molecule has 4 nitrogen and oxygen atoms in total. The number of nitrogens with one attached hydrogen (secondary N) is 1. The molecule has 0 fully saturated rings. The summed E-state index contributed by atoms with van der Waals surface area (Å²) in [6, 6.07) is 0. The van der Waals surface area contributed by atoms with Crippen LogP contribution in [-0.2, 0) is 13.1 Å². The predicted octanol–water partition coefficient (Wildman–Crippen LogP) is 1.92. The highest BCUT2D eigenvalue weighted by molar-refractivity contribution is 5.14. The molecule has 0 bridgehead atoms. The molecule has 0 saturated heterocycles. The van der Waals surface area contributed by atoms with E-state index in [0.29, 0.717) is 5.92 Å². The molecule has 0 aliphatic carbocycles. The second-order valence-electron chi connectivity index (χ2n) is 4.18. The summed E-state index contributed by atoms with van der Waals surface area (Å²) in [4.78, 5) is 0. The first-order valence-electron chi connectivity index (χ1n) is 5.77. The summed E-state index contributed by atoms with van der Waals surface area (Å²) in [5.41, 5.74) is 2.36. The van der Waals surface area contributed by atoms with Crippen LogP contribution in [0.3, 0.4) is 0 Å². The van der Waals surface area contributed by atoms with E-state index in [1.165, 1.54) is 18.5 Å². The minimum atomic E-state index is 0.486. The van der Waals surface area contributed by atoms with Gasteiger partial charge in [-0.25, -0.2) is 4.68 Å². The van der Waals surface area contributed by atoms with Crippen molar-refractivity contribution in [1.29, 1.82) is 0 Å². The van der Waals surface area contributed by atoms with E-state index >= 15 is 0 Å². The molecule has 15 heavy (non-hydrogen) atoms. The molecule has 1 heterocycles. The summed E-state index contributed by atoms with van der Waals surface area (Å²) < 4.78 is 2.06. The Bertz CT molecular complexity index is 291. The van der Waals surface area contributed by atoms with E-state index in [1.54, 1.807) is 0 Å². The predicted molar refractivity (Wildman–Crippen MR) is 61.8 cm³/mol. The van der Waals surface area contributed by atoms with Crippen LogP contribution in [0, 0.1) is 0 Å². The normalized spacial score (nSPS) is 11.3. The number of aryl methyl sites for hydroxylation is 1.